The summed E-state index contributed by atoms with van der Waals surface area (Å²) in [6.07, 6.45) is 1.46. The summed E-state index contributed by atoms with van der Waals surface area (Å²) in [6, 6.07) is -0.939. The minimum absolute atomic E-state index is 0.0631. The normalized spacial score (nSPS) is 12.2. The Hall–Kier alpha value is -1.67. The Morgan fingerprint density at radius 1 is 1.63 bits per heavy atom. The van der Waals surface area contributed by atoms with Crippen LogP contribution in [0.3, 0.4) is 0 Å². The number of aryl methyl sites for hydroxylation is 1. The van der Waals surface area contributed by atoms with Crippen LogP contribution in [0.2, 0.25) is 0 Å². The highest BCUT2D eigenvalue weighted by Crippen LogP contribution is 2.26. The Balaban J connectivity index is 2.78. The number of rotatable bonds is 6. The standard InChI is InChI=1S/C11H15N3O4S/c1-6-3-13-9(7(2)10(6)14(17)18)5-19-4-8(12)11(15)16/h3,8H,4-5,12H2,1-2H3,(H,15,16). The van der Waals surface area contributed by atoms with Crippen molar-refractivity contribution in [1.82, 2.24) is 4.98 Å². The number of hydrogen-bond acceptors (Lipinski definition) is 6. The van der Waals surface area contributed by atoms with Crippen molar-refractivity contribution in [2.45, 2.75) is 25.6 Å². The van der Waals surface area contributed by atoms with Crippen LogP contribution in [0.15, 0.2) is 6.20 Å². The number of carboxylic acid groups (broad SMARTS) is 1. The molecule has 8 heteroatoms. The monoisotopic (exact) mass is 285 g/mol. The van der Waals surface area contributed by atoms with Crippen LogP contribution in [0.5, 0.6) is 0 Å². The fourth-order valence-corrected chi connectivity index (χ4v) is 2.54. The minimum atomic E-state index is -1.06. The average molecular weight is 285 g/mol. The Labute approximate surface area is 114 Å². The third-order valence-electron chi connectivity index (χ3n) is 2.61. The highest BCUT2D eigenvalue weighted by molar-refractivity contribution is 7.98. The third-order valence-corrected chi connectivity index (χ3v) is 3.68. The van der Waals surface area contributed by atoms with E-state index in [0.717, 1.165) is 0 Å². The minimum Gasteiger partial charge on any atom is -0.480 e. The first-order valence-electron chi connectivity index (χ1n) is 5.50. The van der Waals surface area contributed by atoms with Crippen molar-refractivity contribution in [2.24, 2.45) is 5.73 Å². The molecule has 0 amide bonds. The summed E-state index contributed by atoms with van der Waals surface area (Å²) in [5, 5.41) is 19.6. The Bertz CT molecular complexity index is 507. The average Bonchev–Trinajstić information content (AvgIpc) is 2.31. The molecule has 0 radical (unpaired) electrons. The van der Waals surface area contributed by atoms with Crippen LogP contribution in [0.4, 0.5) is 5.69 Å². The number of aliphatic carboxylic acids is 1. The van der Waals surface area contributed by atoms with Gasteiger partial charge in [0, 0.05) is 28.8 Å². The van der Waals surface area contributed by atoms with Gasteiger partial charge < -0.3 is 10.8 Å². The van der Waals surface area contributed by atoms with Crippen molar-refractivity contribution >= 4 is 23.4 Å². The van der Waals surface area contributed by atoms with E-state index in [0.29, 0.717) is 22.6 Å². The number of carbonyl (C=O) groups is 1. The first-order valence-corrected chi connectivity index (χ1v) is 6.65. The fraction of sp³-hybridized carbons (Fsp3) is 0.455. The highest BCUT2D eigenvalue weighted by Gasteiger charge is 2.19. The van der Waals surface area contributed by atoms with Crippen molar-refractivity contribution in [3.05, 3.63) is 33.1 Å². The summed E-state index contributed by atoms with van der Waals surface area (Å²) in [4.78, 5) is 25.2. The van der Waals surface area contributed by atoms with E-state index < -0.39 is 16.9 Å². The molecule has 1 aromatic heterocycles. The first kappa shape index (κ1) is 15.4. The maximum Gasteiger partial charge on any atom is 0.321 e. The van der Waals surface area contributed by atoms with E-state index in [1.807, 2.05) is 0 Å². The number of nitrogens with zero attached hydrogens (tertiary/aromatic N) is 2. The van der Waals surface area contributed by atoms with Gasteiger partial charge in [-0.1, -0.05) is 0 Å². The van der Waals surface area contributed by atoms with Gasteiger partial charge in [0.15, 0.2) is 0 Å². The van der Waals surface area contributed by atoms with Crippen LogP contribution >= 0.6 is 11.8 Å². The Kier molecular flexibility index (Phi) is 5.25. The van der Waals surface area contributed by atoms with Crippen molar-refractivity contribution < 1.29 is 14.8 Å². The van der Waals surface area contributed by atoms with Gasteiger partial charge in [-0.05, 0) is 13.8 Å². The van der Waals surface area contributed by atoms with Crippen molar-refractivity contribution in [3.8, 4) is 0 Å². The van der Waals surface area contributed by atoms with Crippen LogP contribution in [-0.2, 0) is 10.5 Å². The molecular weight excluding hydrogens is 270 g/mol. The van der Waals surface area contributed by atoms with E-state index >= 15 is 0 Å². The van der Waals surface area contributed by atoms with Gasteiger partial charge in [0.25, 0.3) is 5.69 Å². The SMILES string of the molecule is Cc1cnc(CSCC(N)C(=O)O)c(C)c1[N+](=O)[O-]. The lowest BCUT2D eigenvalue weighted by Crippen LogP contribution is -2.32. The van der Waals surface area contributed by atoms with E-state index in [4.69, 9.17) is 10.8 Å². The maximum absolute atomic E-state index is 10.9. The topological polar surface area (TPSA) is 119 Å². The molecule has 1 heterocycles. The number of nitrogens with two attached hydrogens (primary N) is 1. The summed E-state index contributed by atoms with van der Waals surface area (Å²) >= 11 is 1.29. The van der Waals surface area contributed by atoms with Crippen molar-refractivity contribution in [3.63, 3.8) is 0 Å². The lowest BCUT2D eigenvalue weighted by Gasteiger charge is -2.08. The Morgan fingerprint density at radius 3 is 2.79 bits per heavy atom. The number of nitro groups is 1. The molecule has 0 fully saturated rings. The summed E-state index contributed by atoms with van der Waals surface area (Å²) in [5.41, 5.74) is 7.05. The van der Waals surface area contributed by atoms with Gasteiger partial charge in [-0.2, -0.15) is 11.8 Å². The van der Waals surface area contributed by atoms with Gasteiger partial charge in [-0.3, -0.25) is 19.9 Å². The number of carboxylic acids is 1. The molecule has 0 bridgehead atoms. The van der Waals surface area contributed by atoms with E-state index in [2.05, 4.69) is 4.98 Å². The molecule has 0 aliphatic heterocycles. The highest BCUT2D eigenvalue weighted by atomic mass is 32.2. The van der Waals surface area contributed by atoms with Crippen LogP contribution in [-0.4, -0.2) is 32.8 Å². The fourth-order valence-electron chi connectivity index (χ4n) is 1.55. The van der Waals surface area contributed by atoms with E-state index in [1.165, 1.54) is 18.0 Å². The summed E-state index contributed by atoms with van der Waals surface area (Å²) in [5.74, 6) is -0.432. The van der Waals surface area contributed by atoms with Gasteiger partial charge in [-0.15, -0.1) is 0 Å². The predicted octanol–water partition coefficient (Wildman–Crippen LogP) is 1.25. The van der Waals surface area contributed by atoms with Gasteiger partial charge >= 0.3 is 5.97 Å². The number of aromatic nitrogens is 1. The van der Waals surface area contributed by atoms with E-state index in [-0.39, 0.29) is 11.4 Å². The summed E-state index contributed by atoms with van der Waals surface area (Å²) in [7, 11) is 0. The van der Waals surface area contributed by atoms with Crippen LogP contribution in [0.1, 0.15) is 16.8 Å². The molecular formula is C11H15N3O4S. The zero-order chi connectivity index (χ0) is 14.6. The molecule has 0 saturated carbocycles. The third kappa shape index (κ3) is 3.90. The zero-order valence-corrected chi connectivity index (χ0v) is 11.4. The van der Waals surface area contributed by atoms with Gasteiger partial charge in [-0.25, -0.2) is 0 Å². The number of pyridine rings is 1. The van der Waals surface area contributed by atoms with E-state index in [9.17, 15) is 14.9 Å². The molecule has 3 N–H and O–H groups in total. The number of thioether (sulfide) groups is 1. The molecule has 0 saturated heterocycles. The lowest BCUT2D eigenvalue weighted by molar-refractivity contribution is -0.386. The lowest BCUT2D eigenvalue weighted by atomic mass is 10.1. The van der Waals surface area contributed by atoms with E-state index in [1.54, 1.807) is 13.8 Å². The second-order valence-corrected chi connectivity index (χ2v) is 5.11. The van der Waals surface area contributed by atoms with Gasteiger partial charge in [0.2, 0.25) is 0 Å². The molecule has 7 nitrogen and oxygen atoms in total. The van der Waals surface area contributed by atoms with Crippen LogP contribution in [0.25, 0.3) is 0 Å². The molecule has 0 aliphatic carbocycles. The van der Waals surface area contributed by atoms with Crippen LogP contribution < -0.4 is 5.73 Å². The van der Waals surface area contributed by atoms with Gasteiger partial charge in [0.1, 0.15) is 6.04 Å². The molecule has 1 atom stereocenters. The Morgan fingerprint density at radius 2 is 2.26 bits per heavy atom. The first-order chi connectivity index (χ1) is 8.84. The van der Waals surface area contributed by atoms with Crippen molar-refractivity contribution in [1.29, 1.82) is 0 Å². The maximum atomic E-state index is 10.9. The molecule has 104 valence electrons. The predicted molar refractivity (Wildman–Crippen MR) is 72.1 cm³/mol. The molecule has 1 aromatic rings. The molecule has 0 aliphatic rings. The molecule has 0 spiro atoms. The number of hydrogen-bond donors (Lipinski definition) is 2. The molecule has 0 aromatic carbocycles. The zero-order valence-electron chi connectivity index (χ0n) is 10.6. The van der Waals surface area contributed by atoms with Crippen LogP contribution in [0, 0.1) is 24.0 Å². The summed E-state index contributed by atoms with van der Waals surface area (Å²) in [6.45, 7) is 3.28. The smallest absolute Gasteiger partial charge is 0.321 e. The molecule has 19 heavy (non-hydrogen) atoms. The largest absolute Gasteiger partial charge is 0.480 e. The summed E-state index contributed by atoms with van der Waals surface area (Å²) < 4.78 is 0. The quantitative estimate of drug-likeness (QED) is 0.596. The van der Waals surface area contributed by atoms with Crippen molar-refractivity contribution in [2.75, 3.05) is 5.75 Å². The second kappa shape index (κ2) is 6.48. The molecule has 1 rings (SSSR count). The second-order valence-electron chi connectivity index (χ2n) is 4.08. The van der Waals surface area contributed by atoms with Gasteiger partial charge in [0.05, 0.1) is 10.6 Å². The molecule has 1 unspecified atom stereocenters.